The van der Waals surface area contributed by atoms with Crippen molar-refractivity contribution in [1.82, 2.24) is 15.2 Å². The fourth-order valence-corrected chi connectivity index (χ4v) is 2.17. The van der Waals surface area contributed by atoms with Crippen molar-refractivity contribution in [3.05, 3.63) is 16.1 Å². The molecule has 0 aliphatic carbocycles. The maximum atomic E-state index is 11.9. The van der Waals surface area contributed by atoms with E-state index in [4.69, 9.17) is 5.73 Å². The van der Waals surface area contributed by atoms with Gasteiger partial charge < -0.3 is 16.0 Å². The molecule has 0 spiro atoms. The van der Waals surface area contributed by atoms with Crippen LogP contribution in [0.4, 0.5) is 13.2 Å². The smallest absolute Gasteiger partial charge is 0.345 e. The van der Waals surface area contributed by atoms with Crippen LogP contribution in [0.1, 0.15) is 15.5 Å². The largest absolute Gasteiger partial charge is 0.405 e. The van der Waals surface area contributed by atoms with Gasteiger partial charge in [-0.05, 0) is 6.54 Å². The Morgan fingerprint density at radius 2 is 2.14 bits per heavy atom. The average Bonchev–Trinajstić information content (AvgIpc) is 2.83. The first kappa shape index (κ1) is 17.4. The highest BCUT2D eigenvalue weighted by atomic mass is 32.1. The molecule has 0 radical (unpaired) electrons. The fourth-order valence-electron chi connectivity index (χ4n) is 1.38. The van der Waals surface area contributed by atoms with Crippen LogP contribution in [0.25, 0.3) is 0 Å². The van der Waals surface area contributed by atoms with Gasteiger partial charge in [-0.25, -0.2) is 4.98 Å². The Kier molecular flexibility index (Phi) is 6.09. The minimum absolute atomic E-state index is 0.148. The molecular weight excluding hydrogens is 309 g/mol. The maximum absolute atomic E-state index is 11.9. The molecule has 1 heterocycles. The summed E-state index contributed by atoms with van der Waals surface area (Å²) < 4.78 is 35.8. The highest BCUT2D eigenvalue weighted by molar-refractivity contribution is 7.09. The molecule has 21 heavy (non-hydrogen) atoms. The summed E-state index contributed by atoms with van der Waals surface area (Å²) in [6.45, 7) is -1.50. The van der Waals surface area contributed by atoms with Gasteiger partial charge in [-0.1, -0.05) is 0 Å². The van der Waals surface area contributed by atoms with Crippen LogP contribution in [-0.4, -0.2) is 54.6 Å². The lowest BCUT2D eigenvalue weighted by atomic mass is 10.4. The molecule has 0 aliphatic heterocycles. The second-order valence-corrected chi connectivity index (χ2v) is 5.16. The van der Waals surface area contributed by atoms with Crippen LogP contribution < -0.4 is 11.1 Å². The summed E-state index contributed by atoms with van der Waals surface area (Å²) in [5.41, 5.74) is 5.51. The summed E-state index contributed by atoms with van der Waals surface area (Å²) in [6, 6.07) is 0. The molecule has 0 saturated heterocycles. The van der Waals surface area contributed by atoms with E-state index in [-0.39, 0.29) is 5.69 Å². The van der Waals surface area contributed by atoms with E-state index < -0.39 is 31.1 Å². The highest BCUT2D eigenvalue weighted by Gasteiger charge is 2.28. The SMILES string of the molecule is CN(CC(=O)NCC(F)(F)F)C(=O)c1csc(CCN)n1. The fraction of sp³-hybridized carbons (Fsp3) is 0.545. The third kappa shape index (κ3) is 6.08. The molecule has 0 unspecified atom stereocenters. The zero-order chi connectivity index (χ0) is 16.0. The standard InChI is InChI=1S/C11H15F3N4O2S/c1-18(4-8(19)16-6-11(12,13)14)10(20)7-5-21-9(17-7)2-3-15/h5H,2-4,6,15H2,1H3,(H,16,19). The van der Waals surface area contributed by atoms with E-state index in [2.05, 4.69) is 4.98 Å². The quantitative estimate of drug-likeness (QED) is 0.792. The molecule has 1 rings (SSSR count). The molecular formula is C11H15F3N4O2S. The Balaban J connectivity index is 2.51. The number of alkyl halides is 3. The van der Waals surface area contributed by atoms with Crippen LogP contribution in [0, 0.1) is 0 Å². The number of nitrogens with one attached hydrogen (secondary N) is 1. The first-order chi connectivity index (χ1) is 9.73. The third-order valence-corrected chi connectivity index (χ3v) is 3.25. The van der Waals surface area contributed by atoms with Gasteiger partial charge in [0.1, 0.15) is 12.2 Å². The van der Waals surface area contributed by atoms with Gasteiger partial charge in [-0.3, -0.25) is 9.59 Å². The van der Waals surface area contributed by atoms with E-state index in [1.165, 1.54) is 23.8 Å². The van der Waals surface area contributed by atoms with Gasteiger partial charge >= 0.3 is 6.18 Å². The number of aromatic nitrogens is 1. The minimum Gasteiger partial charge on any atom is -0.345 e. The lowest BCUT2D eigenvalue weighted by molar-refractivity contribution is -0.138. The Hall–Kier alpha value is -1.68. The number of nitrogens with two attached hydrogens (primary N) is 1. The molecule has 0 bridgehead atoms. The Morgan fingerprint density at radius 1 is 1.48 bits per heavy atom. The van der Waals surface area contributed by atoms with Crippen molar-refractivity contribution in [3.63, 3.8) is 0 Å². The molecule has 6 nitrogen and oxygen atoms in total. The third-order valence-electron chi connectivity index (χ3n) is 2.34. The van der Waals surface area contributed by atoms with Crippen molar-refractivity contribution in [3.8, 4) is 0 Å². The van der Waals surface area contributed by atoms with Crippen LogP contribution >= 0.6 is 11.3 Å². The van der Waals surface area contributed by atoms with E-state index in [0.29, 0.717) is 18.0 Å². The summed E-state index contributed by atoms with van der Waals surface area (Å²) in [4.78, 5) is 28.3. The lowest BCUT2D eigenvalue weighted by Gasteiger charge is -2.16. The van der Waals surface area contributed by atoms with Crippen LogP contribution in [0.5, 0.6) is 0 Å². The number of rotatable bonds is 6. The summed E-state index contributed by atoms with van der Waals surface area (Å²) in [5, 5.41) is 3.91. The molecule has 0 aromatic carbocycles. The monoisotopic (exact) mass is 324 g/mol. The first-order valence-corrected chi connectivity index (χ1v) is 6.84. The number of amides is 2. The zero-order valence-corrected chi connectivity index (χ0v) is 12.1. The topological polar surface area (TPSA) is 88.3 Å². The molecule has 0 aliphatic rings. The van der Waals surface area contributed by atoms with Crippen LogP contribution in [-0.2, 0) is 11.2 Å². The van der Waals surface area contributed by atoms with Gasteiger partial charge in [0, 0.05) is 18.8 Å². The number of carbonyl (C=O) groups excluding carboxylic acids is 2. The number of carbonyl (C=O) groups is 2. The first-order valence-electron chi connectivity index (χ1n) is 5.96. The molecule has 0 fully saturated rings. The predicted molar refractivity (Wildman–Crippen MR) is 70.9 cm³/mol. The van der Waals surface area contributed by atoms with Gasteiger partial charge in [0.25, 0.3) is 5.91 Å². The van der Waals surface area contributed by atoms with Gasteiger partial charge in [-0.15, -0.1) is 11.3 Å². The highest BCUT2D eigenvalue weighted by Crippen LogP contribution is 2.13. The number of hydrogen-bond donors (Lipinski definition) is 2. The van der Waals surface area contributed by atoms with Gasteiger partial charge in [-0.2, -0.15) is 13.2 Å². The van der Waals surface area contributed by atoms with Crippen molar-refractivity contribution >= 4 is 23.2 Å². The van der Waals surface area contributed by atoms with Crippen molar-refractivity contribution in [2.24, 2.45) is 5.73 Å². The molecule has 3 N–H and O–H groups in total. The minimum atomic E-state index is -4.48. The zero-order valence-electron chi connectivity index (χ0n) is 11.2. The number of hydrogen-bond acceptors (Lipinski definition) is 5. The number of thiazole rings is 1. The molecule has 118 valence electrons. The van der Waals surface area contributed by atoms with Crippen LogP contribution in [0.3, 0.4) is 0 Å². The average molecular weight is 324 g/mol. The van der Waals surface area contributed by atoms with E-state index in [1.54, 1.807) is 5.32 Å². The predicted octanol–water partition coefficient (Wildman–Crippen LogP) is 0.395. The van der Waals surface area contributed by atoms with Gasteiger partial charge in [0.2, 0.25) is 5.91 Å². The van der Waals surface area contributed by atoms with Crippen molar-refractivity contribution in [2.75, 3.05) is 26.7 Å². The maximum Gasteiger partial charge on any atom is 0.405 e. The number of halogens is 3. The Labute approximate surface area is 123 Å². The number of likely N-dealkylation sites (N-methyl/N-ethyl adjacent to an activating group) is 1. The van der Waals surface area contributed by atoms with Gasteiger partial charge in [0.15, 0.2) is 0 Å². The van der Waals surface area contributed by atoms with Crippen molar-refractivity contribution in [1.29, 1.82) is 0 Å². The second-order valence-electron chi connectivity index (χ2n) is 4.22. The van der Waals surface area contributed by atoms with E-state index in [1.807, 2.05) is 0 Å². The molecule has 10 heteroatoms. The summed E-state index contributed by atoms with van der Waals surface area (Å²) in [7, 11) is 1.32. The molecule has 0 atom stereocenters. The van der Waals surface area contributed by atoms with Crippen LogP contribution in [0.2, 0.25) is 0 Å². The van der Waals surface area contributed by atoms with Crippen molar-refractivity contribution in [2.45, 2.75) is 12.6 Å². The molecule has 0 saturated carbocycles. The summed E-state index contributed by atoms with van der Waals surface area (Å²) in [5.74, 6) is -1.42. The molecule has 1 aromatic rings. The second kappa shape index (κ2) is 7.36. The Morgan fingerprint density at radius 3 is 2.71 bits per heavy atom. The van der Waals surface area contributed by atoms with Crippen LogP contribution in [0.15, 0.2) is 5.38 Å². The normalized spacial score (nSPS) is 11.3. The van der Waals surface area contributed by atoms with E-state index in [9.17, 15) is 22.8 Å². The van der Waals surface area contributed by atoms with Crippen molar-refractivity contribution < 1.29 is 22.8 Å². The Bertz CT molecular complexity index is 504. The molecule has 1 aromatic heterocycles. The number of nitrogens with zero attached hydrogens (tertiary/aromatic N) is 2. The van der Waals surface area contributed by atoms with E-state index in [0.717, 1.165) is 4.90 Å². The molecule has 2 amide bonds. The summed E-state index contributed by atoms with van der Waals surface area (Å²) >= 11 is 1.26. The summed E-state index contributed by atoms with van der Waals surface area (Å²) in [6.07, 6.45) is -3.95. The van der Waals surface area contributed by atoms with Gasteiger partial charge in [0.05, 0.1) is 11.6 Å². The van der Waals surface area contributed by atoms with E-state index >= 15 is 0 Å². The lowest BCUT2D eigenvalue weighted by Crippen LogP contribution is -2.41.